The van der Waals surface area contributed by atoms with E-state index in [0.29, 0.717) is 19.3 Å². The van der Waals surface area contributed by atoms with E-state index in [2.05, 4.69) is 87.6 Å². The lowest BCUT2D eigenvalue weighted by molar-refractivity contribution is -0.166. The minimum absolute atomic E-state index is 0.102. The van der Waals surface area contributed by atoms with Crippen molar-refractivity contribution in [3.63, 3.8) is 0 Å². The SMILES string of the molecule is CC/C=C\C/C=C\C/C=C\C/C=C\C/C=C\C/C=C\CCC(=O)OC(COC(=O)CCCCCCCCCC)COC(=O)CCCCCCCCCCCCCCCCCCCCCCCCCCCCCCC. The molecule has 6 nitrogen and oxygen atoms in total. The number of carbonyl (C=O) groups is 3. The van der Waals surface area contributed by atoms with Gasteiger partial charge in [0.1, 0.15) is 13.2 Å². The van der Waals surface area contributed by atoms with E-state index < -0.39 is 6.10 Å². The topological polar surface area (TPSA) is 78.9 Å². The van der Waals surface area contributed by atoms with Crippen LogP contribution in [0.1, 0.15) is 323 Å². The fraction of sp³-hybridized carbons (Fsp3) is 0.779. The zero-order valence-electron chi connectivity index (χ0n) is 49.1. The van der Waals surface area contributed by atoms with Crippen LogP contribution >= 0.6 is 0 Å². The summed E-state index contributed by atoms with van der Waals surface area (Å²) in [6, 6.07) is 0. The van der Waals surface area contributed by atoms with Crippen molar-refractivity contribution in [3.05, 3.63) is 72.9 Å². The van der Waals surface area contributed by atoms with E-state index >= 15 is 0 Å². The van der Waals surface area contributed by atoms with Crippen LogP contribution in [0.15, 0.2) is 72.9 Å². The van der Waals surface area contributed by atoms with Gasteiger partial charge >= 0.3 is 17.9 Å². The molecule has 0 bridgehead atoms. The van der Waals surface area contributed by atoms with Gasteiger partial charge in [-0.2, -0.15) is 0 Å². The number of unbranched alkanes of at least 4 members (excludes halogenated alkanes) is 35. The Morgan fingerprint density at radius 1 is 0.284 bits per heavy atom. The Bertz CT molecular complexity index is 1370. The smallest absolute Gasteiger partial charge is 0.306 e. The first-order chi connectivity index (χ1) is 36.5. The Kier molecular flexibility index (Phi) is 59.7. The summed E-state index contributed by atoms with van der Waals surface area (Å²) in [6.45, 7) is 6.47. The molecule has 0 aliphatic carbocycles. The molecule has 1 atom stereocenters. The number of esters is 3. The van der Waals surface area contributed by atoms with Crippen LogP contribution in [0.5, 0.6) is 0 Å². The Balaban J connectivity index is 4.16. The summed E-state index contributed by atoms with van der Waals surface area (Å²) in [5.74, 6) is -0.979. The summed E-state index contributed by atoms with van der Waals surface area (Å²) in [4.78, 5) is 38.0. The van der Waals surface area contributed by atoms with Crippen LogP contribution < -0.4 is 0 Å². The Morgan fingerprint density at radius 2 is 0.527 bits per heavy atom. The van der Waals surface area contributed by atoms with Crippen LogP contribution in [0.4, 0.5) is 0 Å². The summed E-state index contributed by atoms with van der Waals surface area (Å²) < 4.78 is 16.8. The van der Waals surface area contributed by atoms with Crippen molar-refractivity contribution in [3.8, 4) is 0 Å². The molecule has 0 saturated heterocycles. The van der Waals surface area contributed by atoms with Crippen molar-refractivity contribution >= 4 is 17.9 Å². The summed E-state index contributed by atoms with van der Waals surface area (Å²) in [5.41, 5.74) is 0. The molecule has 428 valence electrons. The fourth-order valence-electron chi connectivity index (χ4n) is 9.24. The predicted molar refractivity (Wildman–Crippen MR) is 321 cm³/mol. The van der Waals surface area contributed by atoms with Crippen LogP contribution in [-0.2, 0) is 28.6 Å². The summed E-state index contributed by atoms with van der Waals surface area (Å²) in [6.07, 6.45) is 81.0. The molecule has 0 aromatic heterocycles. The molecule has 0 amide bonds. The van der Waals surface area contributed by atoms with E-state index in [1.807, 2.05) is 6.08 Å². The molecule has 0 aliphatic rings. The van der Waals surface area contributed by atoms with Gasteiger partial charge in [0.05, 0.1) is 0 Å². The molecule has 0 heterocycles. The monoisotopic (exact) mass is 1030 g/mol. The summed E-state index contributed by atoms with van der Waals surface area (Å²) in [7, 11) is 0. The highest BCUT2D eigenvalue weighted by molar-refractivity contribution is 5.71. The van der Waals surface area contributed by atoms with Gasteiger partial charge in [-0.3, -0.25) is 14.4 Å². The minimum Gasteiger partial charge on any atom is -0.462 e. The van der Waals surface area contributed by atoms with Gasteiger partial charge in [-0.25, -0.2) is 0 Å². The van der Waals surface area contributed by atoms with Crippen molar-refractivity contribution < 1.29 is 28.6 Å². The molecule has 0 aromatic carbocycles. The third-order valence-corrected chi connectivity index (χ3v) is 14.0. The Hall–Kier alpha value is -3.15. The highest BCUT2D eigenvalue weighted by atomic mass is 16.6. The van der Waals surface area contributed by atoms with Crippen LogP contribution in [0.3, 0.4) is 0 Å². The predicted octanol–water partition coefficient (Wildman–Crippen LogP) is 21.7. The van der Waals surface area contributed by atoms with Gasteiger partial charge in [-0.15, -0.1) is 0 Å². The quantitative estimate of drug-likeness (QED) is 0.0261. The Morgan fingerprint density at radius 3 is 0.797 bits per heavy atom. The van der Waals surface area contributed by atoms with E-state index in [4.69, 9.17) is 14.2 Å². The number of rotatable bonds is 58. The first-order valence-corrected chi connectivity index (χ1v) is 31.9. The number of allylic oxidation sites excluding steroid dienone is 12. The number of hydrogen-bond donors (Lipinski definition) is 0. The second kappa shape index (κ2) is 62.4. The third-order valence-electron chi connectivity index (χ3n) is 14.0. The van der Waals surface area contributed by atoms with Gasteiger partial charge in [-0.1, -0.05) is 318 Å². The molecule has 0 radical (unpaired) electrons. The van der Waals surface area contributed by atoms with Gasteiger partial charge in [-0.05, 0) is 57.8 Å². The number of carbonyl (C=O) groups excluding carboxylic acids is 3. The molecule has 0 rings (SSSR count). The van der Waals surface area contributed by atoms with Gasteiger partial charge in [0.25, 0.3) is 0 Å². The third kappa shape index (κ3) is 59.7. The van der Waals surface area contributed by atoms with Crippen molar-refractivity contribution in [2.45, 2.75) is 329 Å². The van der Waals surface area contributed by atoms with E-state index in [1.165, 1.54) is 199 Å². The highest BCUT2D eigenvalue weighted by Crippen LogP contribution is 2.18. The van der Waals surface area contributed by atoms with Gasteiger partial charge in [0, 0.05) is 19.3 Å². The molecule has 0 saturated carbocycles. The van der Waals surface area contributed by atoms with Crippen LogP contribution in [0.25, 0.3) is 0 Å². The molecule has 0 aromatic rings. The Labute approximate surface area is 459 Å². The molecule has 6 heteroatoms. The average molecular weight is 1030 g/mol. The van der Waals surface area contributed by atoms with Gasteiger partial charge < -0.3 is 14.2 Å². The number of ether oxygens (including phenoxy) is 3. The van der Waals surface area contributed by atoms with Crippen LogP contribution in [0.2, 0.25) is 0 Å². The summed E-state index contributed by atoms with van der Waals surface area (Å²) >= 11 is 0. The standard InChI is InChI=1S/C68H120O6/c1-4-7-10-13-16-19-21-23-25-27-29-30-31-32-33-34-35-36-37-38-40-41-43-45-47-49-52-55-58-61-67(70)73-64-65(63-72-66(69)60-57-54-51-18-15-12-9-6-3)74-68(71)62-59-56-53-50-48-46-44-42-39-28-26-24-22-20-17-14-11-8-5-2/h8,11,17,20,24,26,39,42,46,48,53,56,65H,4-7,9-10,12-16,18-19,21-23,25,27-38,40-41,43-45,47,49-52,54-55,57-64H2,1-3H3/b11-8-,20-17-,26-24-,42-39-,48-46-,56-53-. The molecule has 0 aliphatic heterocycles. The second-order valence-corrected chi connectivity index (χ2v) is 21.3. The maximum atomic E-state index is 12.8. The summed E-state index contributed by atoms with van der Waals surface area (Å²) in [5, 5.41) is 0. The lowest BCUT2D eigenvalue weighted by Crippen LogP contribution is -2.30. The zero-order chi connectivity index (χ0) is 53.6. The average Bonchev–Trinajstić information content (AvgIpc) is 3.40. The lowest BCUT2D eigenvalue weighted by Gasteiger charge is -2.18. The first-order valence-electron chi connectivity index (χ1n) is 31.9. The van der Waals surface area contributed by atoms with Crippen molar-refractivity contribution in [2.24, 2.45) is 0 Å². The fourth-order valence-corrected chi connectivity index (χ4v) is 9.24. The van der Waals surface area contributed by atoms with Crippen molar-refractivity contribution in [1.82, 2.24) is 0 Å². The van der Waals surface area contributed by atoms with Crippen molar-refractivity contribution in [1.29, 1.82) is 0 Å². The van der Waals surface area contributed by atoms with Crippen LogP contribution in [0, 0.1) is 0 Å². The minimum atomic E-state index is -0.812. The zero-order valence-corrected chi connectivity index (χ0v) is 49.1. The van der Waals surface area contributed by atoms with E-state index in [9.17, 15) is 14.4 Å². The highest BCUT2D eigenvalue weighted by Gasteiger charge is 2.19. The number of hydrogen-bond acceptors (Lipinski definition) is 6. The maximum absolute atomic E-state index is 12.8. The lowest BCUT2D eigenvalue weighted by atomic mass is 10.0. The molecule has 0 fully saturated rings. The molecule has 0 N–H and O–H groups in total. The second-order valence-electron chi connectivity index (χ2n) is 21.3. The van der Waals surface area contributed by atoms with Crippen LogP contribution in [-0.4, -0.2) is 37.2 Å². The van der Waals surface area contributed by atoms with E-state index in [-0.39, 0.29) is 37.5 Å². The molecule has 74 heavy (non-hydrogen) atoms. The molecular formula is C68H120O6. The normalized spacial score (nSPS) is 12.5. The molecule has 0 spiro atoms. The van der Waals surface area contributed by atoms with Crippen molar-refractivity contribution in [2.75, 3.05) is 13.2 Å². The van der Waals surface area contributed by atoms with E-state index in [1.54, 1.807) is 0 Å². The molecular weight excluding hydrogens is 913 g/mol. The van der Waals surface area contributed by atoms with Gasteiger partial charge in [0.2, 0.25) is 0 Å². The van der Waals surface area contributed by atoms with Gasteiger partial charge in [0.15, 0.2) is 6.10 Å². The largest absolute Gasteiger partial charge is 0.462 e. The van der Waals surface area contributed by atoms with E-state index in [0.717, 1.165) is 77.0 Å². The molecule has 1 unspecified atom stereocenters. The first kappa shape index (κ1) is 70.8. The maximum Gasteiger partial charge on any atom is 0.306 e.